The second kappa shape index (κ2) is 4.86. The van der Waals surface area contributed by atoms with Crippen molar-refractivity contribution in [2.45, 2.75) is 32.6 Å². The van der Waals surface area contributed by atoms with E-state index in [0.717, 1.165) is 12.8 Å². The Balaban J connectivity index is 2.11. The maximum absolute atomic E-state index is 12.1. The second-order valence-electron chi connectivity index (χ2n) is 4.45. The van der Waals surface area contributed by atoms with Crippen molar-refractivity contribution in [2.75, 3.05) is 5.32 Å². The second-order valence-corrected chi connectivity index (χ2v) is 5.31. The molecule has 1 heterocycles. The van der Waals surface area contributed by atoms with Gasteiger partial charge in [-0.05, 0) is 12.8 Å². The van der Waals surface area contributed by atoms with E-state index in [2.05, 4.69) is 16.4 Å². The Hall–Kier alpha value is -1.74. The zero-order valence-corrected chi connectivity index (χ0v) is 10.8. The van der Waals surface area contributed by atoms with E-state index < -0.39 is 5.41 Å². The fraction of sp³-hybridized carbons (Fsp3) is 0.500. The molecule has 5 nitrogen and oxygen atoms in total. The lowest BCUT2D eigenvalue weighted by atomic mass is 9.87. The molecular formula is C12H13N3O2S. The Morgan fingerprint density at radius 2 is 2.17 bits per heavy atom. The summed E-state index contributed by atoms with van der Waals surface area (Å²) in [5.41, 5.74) is -0.574. The van der Waals surface area contributed by atoms with E-state index in [4.69, 9.17) is 0 Å². The number of ketones is 1. The van der Waals surface area contributed by atoms with Gasteiger partial charge < -0.3 is 5.32 Å². The Bertz CT molecular complexity index is 524. The number of hydrogen-bond acceptors (Lipinski definition) is 5. The van der Waals surface area contributed by atoms with Crippen LogP contribution in [0.15, 0.2) is 5.38 Å². The van der Waals surface area contributed by atoms with Crippen LogP contribution in [0.2, 0.25) is 0 Å². The molecule has 1 aromatic heterocycles. The van der Waals surface area contributed by atoms with Crippen molar-refractivity contribution in [1.82, 2.24) is 4.98 Å². The summed E-state index contributed by atoms with van der Waals surface area (Å²) in [5.74, 6) is -0.436. The van der Waals surface area contributed by atoms with Gasteiger partial charge in [0.1, 0.15) is 11.1 Å². The molecule has 1 aliphatic rings. The third kappa shape index (κ3) is 2.27. The largest absolute Gasteiger partial charge is 0.301 e. The predicted molar refractivity (Wildman–Crippen MR) is 67.3 cm³/mol. The number of nitrogens with one attached hydrogen (secondary N) is 1. The maximum atomic E-state index is 12.1. The van der Waals surface area contributed by atoms with Crippen LogP contribution in [0.3, 0.4) is 0 Å². The summed E-state index contributed by atoms with van der Waals surface area (Å²) in [5, 5.41) is 13.8. The van der Waals surface area contributed by atoms with Gasteiger partial charge in [0, 0.05) is 12.3 Å². The van der Waals surface area contributed by atoms with Gasteiger partial charge in [-0.1, -0.05) is 12.8 Å². The third-order valence-corrected chi connectivity index (χ3v) is 3.95. The van der Waals surface area contributed by atoms with Gasteiger partial charge in [-0.2, -0.15) is 5.26 Å². The molecule has 0 atom stereocenters. The van der Waals surface area contributed by atoms with Crippen molar-refractivity contribution in [3.8, 4) is 6.07 Å². The number of amides is 1. The highest BCUT2D eigenvalue weighted by molar-refractivity contribution is 7.14. The first-order valence-electron chi connectivity index (χ1n) is 5.76. The number of nitriles is 1. The lowest BCUT2D eigenvalue weighted by Crippen LogP contribution is -2.32. The minimum Gasteiger partial charge on any atom is -0.301 e. The van der Waals surface area contributed by atoms with Crippen LogP contribution in [0.25, 0.3) is 0 Å². The van der Waals surface area contributed by atoms with Crippen LogP contribution >= 0.6 is 11.3 Å². The van der Waals surface area contributed by atoms with Crippen LogP contribution in [0, 0.1) is 16.7 Å². The quantitative estimate of drug-likeness (QED) is 0.848. The maximum Gasteiger partial charge on any atom is 0.246 e. The van der Waals surface area contributed by atoms with E-state index in [0.29, 0.717) is 23.7 Å². The molecule has 1 N–H and O–H groups in total. The Morgan fingerprint density at radius 3 is 2.67 bits per heavy atom. The first-order chi connectivity index (χ1) is 8.57. The van der Waals surface area contributed by atoms with Crippen molar-refractivity contribution >= 4 is 28.2 Å². The monoisotopic (exact) mass is 263 g/mol. The van der Waals surface area contributed by atoms with Crippen LogP contribution in [0.4, 0.5) is 5.13 Å². The molecular weight excluding hydrogens is 250 g/mol. The first kappa shape index (κ1) is 12.7. The molecule has 1 aromatic rings. The average molecular weight is 263 g/mol. The van der Waals surface area contributed by atoms with Crippen LogP contribution in [-0.2, 0) is 4.79 Å². The van der Waals surface area contributed by atoms with Crippen LogP contribution in [-0.4, -0.2) is 16.7 Å². The molecule has 94 valence electrons. The number of thiazole rings is 1. The zero-order chi connectivity index (χ0) is 13.2. The molecule has 0 unspecified atom stereocenters. The van der Waals surface area contributed by atoms with Gasteiger partial charge in [0.2, 0.25) is 5.91 Å². The fourth-order valence-corrected chi connectivity index (χ4v) is 2.82. The van der Waals surface area contributed by atoms with E-state index in [1.807, 2.05) is 0 Å². The number of carbonyl (C=O) groups is 2. The number of Topliss-reactive ketones (excluding diaryl/α,β-unsaturated/α-hetero) is 1. The number of anilines is 1. The summed E-state index contributed by atoms with van der Waals surface area (Å²) in [6.07, 6.45) is 3.00. The van der Waals surface area contributed by atoms with Gasteiger partial charge in [0.25, 0.3) is 0 Å². The highest BCUT2D eigenvalue weighted by atomic mass is 32.1. The summed E-state index contributed by atoms with van der Waals surface area (Å²) in [7, 11) is 0. The van der Waals surface area contributed by atoms with Crippen molar-refractivity contribution in [3.63, 3.8) is 0 Å². The van der Waals surface area contributed by atoms with Crippen molar-refractivity contribution in [2.24, 2.45) is 5.41 Å². The average Bonchev–Trinajstić information content (AvgIpc) is 2.97. The molecule has 1 fully saturated rings. The van der Waals surface area contributed by atoms with E-state index in [1.54, 1.807) is 5.38 Å². The lowest BCUT2D eigenvalue weighted by molar-refractivity contribution is -0.122. The SMILES string of the molecule is CC(=O)c1csc(NC(=O)C2(C#N)CCCC2)n1. The summed E-state index contributed by atoms with van der Waals surface area (Å²) < 4.78 is 0. The van der Waals surface area contributed by atoms with Gasteiger partial charge in [-0.25, -0.2) is 4.98 Å². The van der Waals surface area contributed by atoms with E-state index in [9.17, 15) is 14.9 Å². The molecule has 0 aromatic carbocycles. The topological polar surface area (TPSA) is 82.9 Å². The number of rotatable bonds is 3. The van der Waals surface area contributed by atoms with E-state index in [1.165, 1.54) is 18.3 Å². The third-order valence-electron chi connectivity index (χ3n) is 3.19. The molecule has 0 spiro atoms. The lowest BCUT2D eigenvalue weighted by Gasteiger charge is -2.17. The Kier molecular flexibility index (Phi) is 3.43. The van der Waals surface area contributed by atoms with Gasteiger partial charge in [-0.15, -0.1) is 11.3 Å². The number of carbonyl (C=O) groups excluding carboxylic acids is 2. The van der Waals surface area contributed by atoms with Crippen molar-refractivity contribution < 1.29 is 9.59 Å². The number of hydrogen-bond donors (Lipinski definition) is 1. The minimum absolute atomic E-state index is 0.136. The molecule has 1 aliphatic carbocycles. The smallest absolute Gasteiger partial charge is 0.246 e. The number of aromatic nitrogens is 1. The molecule has 1 saturated carbocycles. The molecule has 0 saturated heterocycles. The standard InChI is InChI=1S/C12H13N3O2S/c1-8(16)9-6-18-11(14-9)15-10(17)12(7-13)4-2-3-5-12/h6H,2-5H2,1H3,(H,14,15,17). The Labute approximate surface area is 109 Å². The van der Waals surface area contributed by atoms with Gasteiger partial charge in [0.05, 0.1) is 6.07 Å². The zero-order valence-electron chi connectivity index (χ0n) is 10.0. The molecule has 1 amide bonds. The normalized spacial score (nSPS) is 17.1. The van der Waals surface area contributed by atoms with Gasteiger partial charge in [0.15, 0.2) is 10.9 Å². The molecule has 6 heteroatoms. The Morgan fingerprint density at radius 1 is 1.50 bits per heavy atom. The number of nitrogens with zero attached hydrogens (tertiary/aromatic N) is 2. The highest BCUT2D eigenvalue weighted by Crippen LogP contribution is 2.38. The van der Waals surface area contributed by atoms with Gasteiger partial charge in [-0.3, -0.25) is 9.59 Å². The molecule has 0 aliphatic heterocycles. The summed E-state index contributed by atoms with van der Waals surface area (Å²) in [6.45, 7) is 1.42. The summed E-state index contributed by atoms with van der Waals surface area (Å²) in [4.78, 5) is 27.2. The van der Waals surface area contributed by atoms with Crippen LogP contribution < -0.4 is 5.32 Å². The molecule has 2 rings (SSSR count). The predicted octanol–water partition coefficient (Wildman–Crippen LogP) is 2.37. The van der Waals surface area contributed by atoms with Crippen molar-refractivity contribution in [3.05, 3.63) is 11.1 Å². The molecule has 18 heavy (non-hydrogen) atoms. The minimum atomic E-state index is -0.915. The first-order valence-corrected chi connectivity index (χ1v) is 6.64. The van der Waals surface area contributed by atoms with Crippen LogP contribution in [0.5, 0.6) is 0 Å². The molecule has 0 bridgehead atoms. The fourth-order valence-electron chi connectivity index (χ4n) is 2.08. The summed E-state index contributed by atoms with van der Waals surface area (Å²) in [6, 6.07) is 2.12. The van der Waals surface area contributed by atoms with E-state index in [-0.39, 0.29) is 11.7 Å². The van der Waals surface area contributed by atoms with Crippen LogP contribution in [0.1, 0.15) is 43.1 Å². The highest BCUT2D eigenvalue weighted by Gasteiger charge is 2.41. The van der Waals surface area contributed by atoms with Gasteiger partial charge >= 0.3 is 0 Å². The molecule has 0 radical (unpaired) electrons. The van der Waals surface area contributed by atoms with Crippen molar-refractivity contribution in [1.29, 1.82) is 5.26 Å². The summed E-state index contributed by atoms with van der Waals surface area (Å²) >= 11 is 1.20. The van der Waals surface area contributed by atoms with E-state index >= 15 is 0 Å².